The number of fused-ring (bicyclic) bond motifs is 1. The molecule has 5 N–H and O–H groups in total. The summed E-state index contributed by atoms with van der Waals surface area (Å²) in [6.07, 6.45) is -0.551. The third-order valence-electron chi connectivity index (χ3n) is 4.89. The van der Waals surface area contributed by atoms with Gasteiger partial charge in [0.15, 0.2) is 23.2 Å². The number of nitrogens with two attached hydrogens (primary N) is 1. The SMILES string of the molecule is CN(c1nc(N)nc2c1ncn2[C@@H]1O[C@H](COP(=O)(O)OP(=O)(O)O)C[C@@H]1F)C1CC1. The Balaban J connectivity index is 1.51. The zero-order chi connectivity index (χ0) is 22.6. The zero-order valence-corrected chi connectivity index (χ0v) is 18.0. The Morgan fingerprint density at radius 2 is 2.06 bits per heavy atom. The Labute approximate surface area is 175 Å². The lowest BCUT2D eigenvalue weighted by Gasteiger charge is -2.19. The van der Waals surface area contributed by atoms with Crippen molar-refractivity contribution in [3.63, 3.8) is 0 Å². The molecule has 1 aliphatic carbocycles. The Bertz CT molecular complexity index is 1080. The number of nitrogen functional groups attached to an aromatic ring is 1. The van der Waals surface area contributed by atoms with Crippen LogP contribution in [0.4, 0.5) is 16.2 Å². The molecule has 2 aromatic heterocycles. The molecule has 2 fully saturated rings. The summed E-state index contributed by atoms with van der Waals surface area (Å²) < 4.78 is 52.1. The molecular formula is C14H21FN6O8P2. The van der Waals surface area contributed by atoms with Crippen molar-refractivity contribution in [2.24, 2.45) is 0 Å². The van der Waals surface area contributed by atoms with Gasteiger partial charge < -0.3 is 30.1 Å². The normalized spacial score (nSPS) is 26.3. The van der Waals surface area contributed by atoms with Crippen LogP contribution in [0.1, 0.15) is 25.5 Å². The second-order valence-electron chi connectivity index (χ2n) is 7.31. The van der Waals surface area contributed by atoms with E-state index in [0.29, 0.717) is 17.4 Å². The van der Waals surface area contributed by atoms with Crippen LogP contribution >= 0.6 is 15.6 Å². The van der Waals surface area contributed by atoms with Gasteiger partial charge in [0.25, 0.3) is 0 Å². The van der Waals surface area contributed by atoms with Crippen LogP contribution in [0.2, 0.25) is 0 Å². The van der Waals surface area contributed by atoms with E-state index in [0.717, 1.165) is 12.8 Å². The van der Waals surface area contributed by atoms with Gasteiger partial charge in [-0.15, -0.1) is 0 Å². The summed E-state index contributed by atoms with van der Waals surface area (Å²) in [4.78, 5) is 41.2. The highest BCUT2D eigenvalue weighted by Crippen LogP contribution is 2.57. The minimum Gasteiger partial charge on any atom is -0.368 e. The highest BCUT2D eigenvalue weighted by atomic mass is 31.3. The topological polar surface area (TPSA) is 195 Å². The van der Waals surface area contributed by atoms with Gasteiger partial charge in [-0.05, 0) is 12.8 Å². The second kappa shape index (κ2) is 8.01. The van der Waals surface area contributed by atoms with Gasteiger partial charge in [0, 0.05) is 19.5 Å². The summed E-state index contributed by atoms with van der Waals surface area (Å²) in [7, 11) is -8.45. The molecule has 0 amide bonds. The Kier molecular flexibility index (Phi) is 5.82. The fourth-order valence-electron chi connectivity index (χ4n) is 3.37. The first-order valence-electron chi connectivity index (χ1n) is 9.20. The predicted molar refractivity (Wildman–Crippen MR) is 103 cm³/mol. The number of nitrogens with zero attached hydrogens (tertiary/aromatic N) is 5. The summed E-state index contributed by atoms with van der Waals surface area (Å²) in [5.74, 6) is 0.508. The van der Waals surface area contributed by atoms with E-state index >= 15 is 0 Å². The lowest BCUT2D eigenvalue weighted by molar-refractivity contribution is -0.0346. The first-order chi connectivity index (χ1) is 14.4. The number of phosphoric ester groups is 1. The van der Waals surface area contributed by atoms with E-state index in [2.05, 4.69) is 23.8 Å². The Hall–Kier alpha value is -1.70. The summed E-state index contributed by atoms with van der Waals surface area (Å²) in [5.41, 5.74) is 6.53. The summed E-state index contributed by atoms with van der Waals surface area (Å²) in [5, 5.41) is 0. The molecule has 2 aliphatic rings. The number of anilines is 2. The number of phosphoric acid groups is 2. The molecule has 4 rings (SSSR count). The van der Waals surface area contributed by atoms with Crippen LogP contribution in [0.15, 0.2) is 6.33 Å². The molecule has 31 heavy (non-hydrogen) atoms. The van der Waals surface area contributed by atoms with E-state index < -0.39 is 40.8 Å². The third kappa shape index (κ3) is 5.04. The molecule has 1 unspecified atom stereocenters. The number of hydrogen-bond donors (Lipinski definition) is 4. The van der Waals surface area contributed by atoms with E-state index in [4.69, 9.17) is 20.3 Å². The minimum absolute atomic E-state index is 0.0131. The fourth-order valence-corrected chi connectivity index (χ4v) is 4.99. The number of alkyl halides is 1. The molecule has 1 saturated carbocycles. The number of imidazole rings is 1. The summed E-state index contributed by atoms with van der Waals surface area (Å²) in [6, 6.07) is 0.324. The van der Waals surface area contributed by atoms with Crippen LogP contribution in [0.5, 0.6) is 0 Å². The average molecular weight is 482 g/mol. The van der Waals surface area contributed by atoms with Gasteiger partial charge >= 0.3 is 15.6 Å². The molecule has 2 aromatic rings. The maximum Gasteiger partial charge on any atom is 0.481 e. The van der Waals surface area contributed by atoms with Gasteiger partial charge in [-0.3, -0.25) is 9.09 Å². The van der Waals surface area contributed by atoms with Crippen LogP contribution in [-0.2, 0) is 22.7 Å². The van der Waals surface area contributed by atoms with E-state index in [-0.39, 0.29) is 18.0 Å². The fraction of sp³-hybridized carbons (Fsp3) is 0.643. The van der Waals surface area contributed by atoms with Crippen LogP contribution < -0.4 is 10.6 Å². The van der Waals surface area contributed by atoms with Crippen molar-refractivity contribution >= 4 is 38.6 Å². The van der Waals surface area contributed by atoms with Crippen molar-refractivity contribution in [3.05, 3.63) is 6.33 Å². The van der Waals surface area contributed by atoms with E-state index in [1.54, 1.807) is 0 Å². The number of aromatic nitrogens is 4. The zero-order valence-electron chi connectivity index (χ0n) is 16.2. The molecule has 3 heterocycles. The van der Waals surface area contributed by atoms with Crippen LogP contribution in [0.3, 0.4) is 0 Å². The van der Waals surface area contributed by atoms with Crippen molar-refractivity contribution in [1.82, 2.24) is 19.5 Å². The average Bonchev–Trinajstić information content (AvgIpc) is 3.31. The van der Waals surface area contributed by atoms with Gasteiger partial charge in [-0.1, -0.05) is 0 Å². The van der Waals surface area contributed by atoms with Gasteiger partial charge in [-0.25, -0.2) is 18.5 Å². The smallest absolute Gasteiger partial charge is 0.368 e. The number of ether oxygens (including phenoxy) is 1. The number of hydrogen-bond acceptors (Lipinski definition) is 10. The molecular weight excluding hydrogens is 461 g/mol. The van der Waals surface area contributed by atoms with E-state index in [1.807, 2.05) is 11.9 Å². The molecule has 0 radical (unpaired) electrons. The number of rotatable bonds is 8. The third-order valence-corrected chi connectivity index (χ3v) is 7.04. The molecule has 0 bridgehead atoms. The van der Waals surface area contributed by atoms with Crippen molar-refractivity contribution in [1.29, 1.82) is 0 Å². The van der Waals surface area contributed by atoms with Crippen LogP contribution in [-0.4, -0.2) is 66.2 Å². The maximum atomic E-state index is 14.7. The van der Waals surface area contributed by atoms with Gasteiger partial charge in [0.1, 0.15) is 6.17 Å². The first-order valence-corrected chi connectivity index (χ1v) is 12.2. The largest absolute Gasteiger partial charge is 0.481 e. The second-order valence-corrected chi connectivity index (χ2v) is 10.1. The standard InChI is InChI=1S/C14H21FN6O8P2/c1-20(7-2-3-7)11-10-12(19-14(16)18-11)21(6-17-10)13-9(15)4-8(28-13)5-27-31(25,26)29-30(22,23)24/h6-9,13H,2-5H2,1H3,(H,25,26)(H2,16,18,19)(H2,22,23,24)/t8-,9-,13+/m0/s1. The van der Waals surface area contributed by atoms with Gasteiger partial charge in [-0.2, -0.15) is 14.3 Å². The summed E-state index contributed by atoms with van der Waals surface area (Å²) in [6.45, 7) is -0.635. The highest BCUT2D eigenvalue weighted by Gasteiger charge is 2.41. The first kappa shape index (κ1) is 22.5. The maximum absolute atomic E-state index is 14.7. The molecule has 14 nitrogen and oxygen atoms in total. The van der Waals surface area contributed by atoms with Crippen molar-refractivity contribution < 1.29 is 41.8 Å². The summed E-state index contributed by atoms with van der Waals surface area (Å²) >= 11 is 0. The van der Waals surface area contributed by atoms with Gasteiger partial charge in [0.2, 0.25) is 5.95 Å². The molecule has 172 valence electrons. The lowest BCUT2D eigenvalue weighted by Crippen LogP contribution is -2.22. The van der Waals surface area contributed by atoms with Crippen LogP contribution in [0, 0.1) is 0 Å². The van der Waals surface area contributed by atoms with Crippen molar-refractivity contribution in [3.8, 4) is 0 Å². The van der Waals surface area contributed by atoms with E-state index in [1.165, 1.54) is 10.9 Å². The molecule has 0 aromatic carbocycles. The number of halogens is 1. The molecule has 1 aliphatic heterocycles. The lowest BCUT2D eigenvalue weighted by atomic mass is 10.2. The monoisotopic (exact) mass is 482 g/mol. The molecule has 1 saturated heterocycles. The highest BCUT2D eigenvalue weighted by molar-refractivity contribution is 7.60. The minimum atomic E-state index is -5.26. The van der Waals surface area contributed by atoms with E-state index in [9.17, 15) is 18.4 Å². The molecule has 0 spiro atoms. The Morgan fingerprint density at radius 3 is 2.71 bits per heavy atom. The van der Waals surface area contributed by atoms with Crippen molar-refractivity contribution in [2.75, 3.05) is 24.3 Å². The quantitative estimate of drug-likeness (QED) is 0.387. The van der Waals surface area contributed by atoms with Crippen LogP contribution in [0.25, 0.3) is 11.2 Å². The van der Waals surface area contributed by atoms with Gasteiger partial charge in [0.05, 0.1) is 19.0 Å². The molecule has 17 heteroatoms. The van der Waals surface area contributed by atoms with Crippen molar-refractivity contribution in [2.45, 2.75) is 43.8 Å². The molecule has 4 atom stereocenters. The predicted octanol–water partition coefficient (Wildman–Crippen LogP) is 0.859. The Morgan fingerprint density at radius 1 is 1.35 bits per heavy atom.